The average molecular weight is 708 g/mol. The third-order valence-electron chi connectivity index (χ3n) is 4.83. The molecule has 0 aromatic carbocycles. The molecule has 254 valence electrons. The third kappa shape index (κ3) is 5.58. The molecule has 2 N–H and O–H groups in total. The smallest absolute Gasteiger partial charge is 0.303 e. The van der Waals surface area contributed by atoms with Crippen LogP contribution in [0.2, 0.25) is 0 Å². The highest BCUT2D eigenvalue weighted by Crippen LogP contribution is 2.67. The highest BCUT2D eigenvalue weighted by Gasteiger charge is 2.98. The second-order valence-corrected chi connectivity index (χ2v) is 9.17. The van der Waals surface area contributed by atoms with E-state index in [2.05, 4.69) is 4.52 Å². The van der Waals surface area contributed by atoms with E-state index in [-0.39, 0.29) is 6.92 Å². The number of phosphoric acid groups is 1. The number of halogens is 23. The molecule has 0 aliphatic rings. The van der Waals surface area contributed by atoms with Gasteiger partial charge in [0.05, 0.1) is 6.10 Å². The van der Waals surface area contributed by atoms with Crippen LogP contribution in [0.1, 0.15) is 13.3 Å². The predicted octanol–water partition coefficient (Wildman–Crippen LogP) is 7.79. The summed E-state index contributed by atoms with van der Waals surface area (Å²) in [7, 11) is -6.03. The maximum Gasteiger partial charge on any atom is 0.469 e. The minimum Gasteiger partial charge on any atom is -0.303 e. The lowest BCUT2D eigenvalue weighted by atomic mass is 9.85. The topological polar surface area (TPSA) is 66.8 Å². The predicted molar refractivity (Wildman–Crippen MR) is 82.7 cm³/mol. The first-order chi connectivity index (χ1) is 17.6. The Morgan fingerprint density at radius 1 is 0.476 bits per heavy atom. The van der Waals surface area contributed by atoms with Crippen molar-refractivity contribution in [2.75, 3.05) is 0 Å². The zero-order chi connectivity index (χ0) is 35.0. The van der Waals surface area contributed by atoms with Crippen LogP contribution >= 0.6 is 7.82 Å². The normalized spacial score (nSPS) is 17.5. The lowest BCUT2D eigenvalue weighted by Gasteiger charge is -2.45. The van der Waals surface area contributed by atoms with Crippen LogP contribution in [0.3, 0.4) is 0 Å². The molecule has 1 unspecified atom stereocenters. The molecular formula is C14H8F23O4P. The average Bonchev–Trinajstić information content (AvgIpc) is 2.69. The highest BCUT2D eigenvalue weighted by molar-refractivity contribution is 7.46. The van der Waals surface area contributed by atoms with Gasteiger partial charge in [0.1, 0.15) is 0 Å². The Bertz CT molecular complexity index is 1030. The minimum absolute atomic E-state index is 0.137. The van der Waals surface area contributed by atoms with Gasteiger partial charge in [-0.15, -0.1) is 0 Å². The Morgan fingerprint density at radius 2 is 0.690 bits per heavy atom. The quantitative estimate of drug-likeness (QED) is 0.152. The Kier molecular flexibility index (Phi) is 9.90. The van der Waals surface area contributed by atoms with Crippen LogP contribution in [0.4, 0.5) is 101 Å². The van der Waals surface area contributed by atoms with Crippen molar-refractivity contribution in [3.63, 3.8) is 0 Å². The maximum atomic E-state index is 13.7. The first-order valence-corrected chi connectivity index (χ1v) is 10.7. The highest BCUT2D eigenvalue weighted by atomic mass is 31.2. The Hall–Kier alpha value is -1.50. The number of rotatable bonds is 13. The maximum absolute atomic E-state index is 13.7. The van der Waals surface area contributed by atoms with E-state index in [0.29, 0.717) is 0 Å². The second kappa shape index (κ2) is 10.3. The van der Waals surface area contributed by atoms with E-state index in [9.17, 15) is 106 Å². The summed E-state index contributed by atoms with van der Waals surface area (Å²) in [6.45, 7) is -0.137. The molecule has 42 heavy (non-hydrogen) atoms. The van der Waals surface area contributed by atoms with Gasteiger partial charge in [-0.25, -0.2) is 4.57 Å². The first kappa shape index (κ1) is 40.5. The van der Waals surface area contributed by atoms with Crippen molar-refractivity contribution in [3.8, 4) is 0 Å². The molecule has 0 aliphatic carbocycles. The van der Waals surface area contributed by atoms with Gasteiger partial charge in [-0.05, 0) is 6.92 Å². The second-order valence-electron chi connectivity index (χ2n) is 7.98. The fourth-order valence-corrected chi connectivity index (χ4v) is 3.09. The van der Waals surface area contributed by atoms with Crippen LogP contribution in [-0.4, -0.2) is 81.3 Å². The summed E-state index contributed by atoms with van der Waals surface area (Å²) in [5.74, 6) is -88.9. The van der Waals surface area contributed by atoms with E-state index in [4.69, 9.17) is 9.79 Å². The van der Waals surface area contributed by atoms with Gasteiger partial charge in [0.25, 0.3) is 0 Å². The van der Waals surface area contributed by atoms with Gasteiger partial charge in [-0.2, -0.15) is 101 Å². The van der Waals surface area contributed by atoms with E-state index in [0.717, 1.165) is 0 Å². The summed E-state index contributed by atoms with van der Waals surface area (Å²) in [5.41, 5.74) is 0. The first-order valence-electron chi connectivity index (χ1n) is 9.19. The van der Waals surface area contributed by atoms with Gasteiger partial charge in [-0.3, -0.25) is 4.52 Å². The van der Waals surface area contributed by atoms with Crippen LogP contribution in [0.15, 0.2) is 0 Å². The van der Waals surface area contributed by atoms with Gasteiger partial charge < -0.3 is 9.79 Å². The van der Waals surface area contributed by atoms with Crippen LogP contribution in [0, 0.1) is 0 Å². The molecule has 0 saturated carbocycles. The molecule has 0 amide bonds. The Morgan fingerprint density at radius 3 is 0.905 bits per heavy atom. The number of hydrogen-bond donors (Lipinski definition) is 2. The molecule has 0 fully saturated rings. The molecule has 0 aliphatic heterocycles. The van der Waals surface area contributed by atoms with Crippen LogP contribution in [-0.2, 0) is 9.09 Å². The van der Waals surface area contributed by atoms with Crippen molar-refractivity contribution in [3.05, 3.63) is 0 Å². The lowest BCUT2D eigenvalue weighted by molar-refractivity contribution is -0.478. The molecule has 0 bridgehead atoms. The SMILES string of the molecule is CC(CC(F)(F)C(F)(F)C(F)(F)C(F)(F)C(F)(F)C(F)(F)C(F)(F)C(F)(F)C(F)(F)C(F)(F)C(F)(F)F)OP(=O)(O)O. The van der Waals surface area contributed by atoms with Crippen molar-refractivity contribution in [1.82, 2.24) is 0 Å². The third-order valence-corrected chi connectivity index (χ3v) is 5.47. The molecular weight excluding hydrogens is 700 g/mol. The fraction of sp³-hybridized carbons (Fsp3) is 1.00. The molecule has 0 aromatic heterocycles. The molecule has 28 heteroatoms. The summed E-state index contributed by atoms with van der Waals surface area (Å²) in [6, 6.07) is 0. The number of phosphoric ester groups is 1. The lowest BCUT2D eigenvalue weighted by Crippen LogP contribution is -2.77. The summed E-state index contributed by atoms with van der Waals surface area (Å²) in [6.07, 6.45) is -14.6. The number of alkyl halides is 23. The van der Waals surface area contributed by atoms with Gasteiger partial charge in [0, 0.05) is 6.42 Å². The number of hydrogen-bond acceptors (Lipinski definition) is 2. The van der Waals surface area contributed by atoms with Crippen molar-refractivity contribution >= 4 is 7.82 Å². The van der Waals surface area contributed by atoms with Crippen molar-refractivity contribution in [2.45, 2.75) is 84.9 Å². The zero-order valence-electron chi connectivity index (χ0n) is 18.6. The summed E-state index contributed by atoms with van der Waals surface area (Å²) in [4.78, 5) is 16.6. The molecule has 0 aromatic rings. The standard InChI is InChI=1S/C14H8F23O4P/c1-3(41-42(38,39)40)2-4(15,16)5(17,18)6(19,20)7(21,22)8(23,24)9(25,26)10(27,28)11(29,30)12(31,32)13(33,34)14(35,36)37/h3H,2H2,1H3,(H2,38,39,40). The van der Waals surface area contributed by atoms with Crippen molar-refractivity contribution in [1.29, 1.82) is 0 Å². The molecule has 0 saturated heterocycles. The Balaban J connectivity index is 7.10. The van der Waals surface area contributed by atoms with Gasteiger partial charge >= 0.3 is 73.2 Å². The van der Waals surface area contributed by atoms with E-state index in [1.54, 1.807) is 0 Å². The van der Waals surface area contributed by atoms with Crippen molar-refractivity contribution in [2.24, 2.45) is 0 Å². The van der Waals surface area contributed by atoms with E-state index in [1.807, 2.05) is 0 Å². The van der Waals surface area contributed by atoms with Crippen LogP contribution < -0.4 is 0 Å². The molecule has 0 radical (unpaired) electrons. The fourth-order valence-electron chi connectivity index (χ4n) is 2.55. The molecule has 4 nitrogen and oxygen atoms in total. The monoisotopic (exact) mass is 708 g/mol. The Labute approximate surface area is 214 Å². The summed E-state index contributed by atoms with van der Waals surface area (Å²) < 4.78 is 319. The molecule has 1 atom stereocenters. The van der Waals surface area contributed by atoms with E-state index in [1.165, 1.54) is 0 Å². The zero-order valence-corrected chi connectivity index (χ0v) is 19.5. The van der Waals surface area contributed by atoms with Crippen LogP contribution in [0.5, 0.6) is 0 Å². The van der Waals surface area contributed by atoms with Gasteiger partial charge in [-0.1, -0.05) is 0 Å². The van der Waals surface area contributed by atoms with E-state index >= 15 is 0 Å². The molecule has 0 rings (SSSR count). The van der Waals surface area contributed by atoms with E-state index < -0.39 is 85.7 Å². The van der Waals surface area contributed by atoms with Crippen LogP contribution in [0.25, 0.3) is 0 Å². The molecule has 0 heterocycles. The summed E-state index contributed by atoms with van der Waals surface area (Å²) >= 11 is 0. The molecule has 0 spiro atoms. The largest absolute Gasteiger partial charge is 0.469 e. The summed E-state index contributed by atoms with van der Waals surface area (Å²) in [5, 5.41) is 0. The van der Waals surface area contributed by atoms with Gasteiger partial charge in [0.2, 0.25) is 0 Å². The minimum atomic E-state index is -9.50. The van der Waals surface area contributed by atoms with Crippen molar-refractivity contribution < 1.29 is 120 Å². The van der Waals surface area contributed by atoms with Gasteiger partial charge in [0.15, 0.2) is 0 Å².